The number of carbonyl (C=O) groups is 5. The number of nitrogens with zero attached hydrogens (tertiary/aromatic N) is 3. The van der Waals surface area contributed by atoms with Crippen molar-refractivity contribution in [2.75, 3.05) is 52.1 Å². The number of nitrogens with one attached hydrogen (secondary N) is 1. The van der Waals surface area contributed by atoms with Crippen LogP contribution >= 0.6 is 15.9 Å². The second-order valence-corrected chi connectivity index (χ2v) is 13.8. The number of benzene rings is 2. The van der Waals surface area contributed by atoms with Crippen molar-refractivity contribution >= 4 is 74.8 Å². The van der Waals surface area contributed by atoms with Gasteiger partial charge in [0.05, 0.1) is 28.8 Å². The quantitative estimate of drug-likeness (QED) is 0.230. The van der Waals surface area contributed by atoms with Crippen molar-refractivity contribution in [1.82, 2.24) is 20.0 Å². The molecule has 0 saturated carbocycles. The highest BCUT2D eigenvalue weighted by Crippen LogP contribution is 2.23. The Hall–Kier alpha value is -4.39. The zero-order valence-electron chi connectivity index (χ0n) is 30.8. The second kappa shape index (κ2) is 26.4. The Kier molecular flexibility index (Phi) is 25.2. The van der Waals surface area contributed by atoms with Gasteiger partial charge in [0.15, 0.2) is 0 Å². The molecule has 0 bridgehead atoms. The van der Waals surface area contributed by atoms with Crippen LogP contribution in [-0.2, 0) is 42.3 Å². The minimum absolute atomic E-state index is 0.112. The van der Waals surface area contributed by atoms with Gasteiger partial charge in [0.1, 0.15) is 5.60 Å². The molecule has 2 aromatic rings. The van der Waals surface area contributed by atoms with Crippen molar-refractivity contribution in [2.45, 2.75) is 47.1 Å². The standard InChI is InChI=1S/C17H22N2O4.C11H12N2O2.C5H11Br.CO2.2O2S/c1-17(2,3)23-14(20)11-18(4)9-10-19-15(21)12-7-5-6-8-13(12)16(19)22;1-12-6-7-13-10(14)8-4-2-3-5-9(8)11(13)15;1-5(2,3)4-6;2-1-3;2*1-3-2/h5-8H,9-11H2,1-4H3;2-5,12H,6-7H2,1H3;4H2,1-3H3;;;. The maximum absolute atomic E-state index is 12.2. The molecule has 19 heteroatoms. The predicted molar refractivity (Wildman–Crippen MR) is 197 cm³/mol. The summed E-state index contributed by atoms with van der Waals surface area (Å²) in [5, 5.41) is 4.00. The van der Waals surface area contributed by atoms with Gasteiger partial charge in [0.25, 0.3) is 23.6 Å². The van der Waals surface area contributed by atoms with Gasteiger partial charge < -0.3 is 10.1 Å². The van der Waals surface area contributed by atoms with E-state index >= 15 is 0 Å². The van der Waals surface area contributed by atoms with Crippen LogP contribution in [0.3, 0.4) is 0 Å². The van der Waals surface area contributed by atoms with Crippen molar-refractivity contribution in [3.8, 4) is 0 Å². The van der Waals surface area contributed by atoms with Gasteiger partial charge in [-0.2, -0.15) is 26.4 Å². The monoisotopic (exact) mass is 844 g/mol. The van der Waals surface area contributed by atoms with Gasteiger partial charge in [-0.05, 0) is 64.5 Å². The summed E-state index contributed by atoms with van der Waals surface area (Å²) < 4.78 is 38.4. The van der Waals surface area contributed by atoms with Crippen LogP contribution in [0.2, 0.25) is 0 Å². The molecule has 0 fully saturated rings. The number of halogens is 1. The number of hydrogen-bond acceptors (Lipinski definition) is 14. The van der Waals surface area contributed by atoms with E-state index in [1.165, 1.54) is 9.80 Å². The minimum Gasteiger partial charge on any atom is -0.459 e. The lowest BCUT2D eigenvalue weighted by Gasteiger charge is -2.23. The molecular formula is C34H45BrN4O12S2. The van der Waals surface area contributed by atoms with E-state index in [1.807, 2.05) is 20.8 Å². The zero-order chi connectivity index (χ0) is 41.4. The van der Waals surface area contributed by atoms with Gasteiger partial charge in [-0.25, -0.2) is 0 Å². The number of ether oxygens (including phenoxy) is 1. The van der Waals surface area contributed by atoms with E-state index in [1.54, 1.807) is 67.5 Å². The Balaban J connectivity index is 0. The molecule has 2 heterocycles. The van der Waals surface area contributed by atoms with Crippen LogP contribution in [0.5, 0.6) is 0 Å². The Bertz CT molecular complexity index is 1540. The van der Waals surface area contributed by atoms with Crippen molar-refractivity contribution in [2.24, 2.45) is 5.41 Å². The number of carbonyl (C=O) groups excluding carboxylic acids is 7. The van der Waals surface area contributed by atoms with Crippen LogP contribution in [0.1, 0.15) is 83.0 Å². The summed E-state index contributed by atoms with van der Waals surface area (Å²) >= 11 is 1.87. The predicted octanol–water partition coefficient (Wildman–Crippen LogP) is 2.56. The molecule has 292 valence electrons. The number of fused-ring (bicyclic) bond motifs is 2. The fourth-order valence-corrected chi connectivity index (χ4v) is 4.05. The van der Waals surface area contributed by atoms with E-state index in [2.05, 4.69) is 42.0 Å². The summed E-state index contributed by atoms with van der Waals surface area (Å²) in [4.78, 5) is 80.3. The molecule has 16 nitrogen and oxygen atoms in total. The van der Waals surface area contributed by atoms with Crippen molar-refractivity contribution in [3.63, 3.8) is 0 Å². The summed E-state index contributed by atoms with van der Waals surface area (Å²) in [6, 6.07) is 13.7. The first-order valence-electron chi connectivity index (χ1n) is 15.6. The highest BCUT2D eigenvalue weighted by atomic mass is 79.9. The SMILES string of the molecule is CC(C)(C)CBr.CN(CCN1C(=O)c2ccccc2C1=O)CC(=O)OC(C)(C)C.CNCCN1C(=O)c2ccccc2C1=O.O=C=O.O=S=O.O=S=O. The van der Waals surface area contributed by atoms with Gasteiger partial charge in [-0.15, -0.1) is 0 Å². The van der Waals surface area contributed by atoms with Gasteiger partial charge >= 0.3 is 35.3 Å². The van der Waals surface area contributed by atoms with Crippen LogP contribution in [0.25, 0.3) is 0 Å². The van der Waals surface area contributed by atoms with E-state index in [0.29, 0.717) is 47.3 Å². The summed E-state index contributed by atoms with van der Waals surface area (Å²) in [5.41, 5.74) is 1.83. The molecule has 4 amide bonds. The number of rotatable bonds is 8. The smallest absolute Gasteiger partial charge is 0.373 e. The normalized spacial score (nSPS) is 12.3. The molecule has 2 aromatic carbocycles. The maximum atomic E-state index is 12.2. The molecular weight excluding hydrogens is 800 g/mol. The Labute approximate surface area is 324 Å². The number of esters is 1. The lowest BCUT2D eigenvalue weighted by Crippen LogP contribution is -2.39. The summed E-state index contributed by atoms with van der Waals surface area (Å²) in [6.07, 6.45) is 0.250. The van der Waals surface area contributed by atoms with Crippen LogP contribution in [-0.4, -0.2) is 125 Å². The van der Waals surface area contributed by atoms with Crippen LogP contribution in [0, 0.1) is 5.41 Å². The fourth-order valence-electron chi connectivity index (χ4n) is 4.05. The zero-order valence-corrected chi connectivity index (χ0v) is 34.0. The third-order valence-electron chi connectivity index (χ3n) is 6.27. The average molecular weight is 846 g/mol. The van der Waals surface area contributed by atoms with Gasteiger partial charge in [-0.3, -0.25) is 38.7 Å². The average Bonchev–Trinajstić information content (AvgIpc) is 3.47. The van der Waals surface area contributed by atoms with E-state index in [4.69, 9.17) is 31.2 Å². The van der Waals surface area contributed by atoms with Crippen LogP contribution in [0.4, 0.5) is 0 Å². The molecule has 2 aliphatic rings. The Morgan fingerprint density at radius 1 is 0.755 bits per heavy atom. The molecule has 0 spiro atoms. The summed E-state index contributed by atoms with van der Waals surface area (Å²) in [5.74, 6) is -1.27. The van der Waals surface area contributed by atoms with E-state index < -0.39 is 28.7 Å². The summed E-state index contributed by atoms with van der Waals surface area (Å²) in [7, 11) is 3.54. The highest BCUT2D eigenvalue weighted by molar-refractivity contribution is 9.09. The van der Waals surface area contributed by atoms with Crippen molar-refractivity contribution in [3.05, 3.63) is 70.8 Å². The van der Waals surface area contributed by atoms with E-state index in [-0.39, 0.29) is 48.8 Å². The molecule has 0 aliphatic carbocycles. The lowest BCUT2D eigenvalue weighted by atomic mass is 10.0. The van der Waals surface area contributed by atoms with Gasteiger partial charge in [0, 0.05) is 31.5 Å². The largest absolute Gasteiger partial charge is 0.459 e. The molecule has 1 N–H and O–H groups in total. The van der Waals surface area contributed by atoms with Crippen LogP contribution < -0.4 is 5.32 Å². The lowest BCUT2D eigenvalue weighted by molar-refractivity contribution is -0.191. The molecule has 0 saturated heterocycles. The second-order valence-electron chi connectivity index (χ2n) is 13.0. The maximum Gasteiger partial charge on any atom is 0.373 e. The van der Waals surface area contributed by atoms with E-state index in [9.17, 15) is 24.0 Å². The molecule has 2 aliphatic heterocycles. The number of amides is 4. The van der Waals surface area contributed by atoms with Gasteiger partial charge in [0.2, 0.25) is 0 Å². The fraction of sp³-hybridized carbons (Fsp3) is 0.471. The first-order chi connectivity index (χ1) is 24.7. The first kappa shape index (κ1) is 50.7. The number of likely N-dealkylation sites (N-methyl/N-ethyl adjacent to an activating group) is 2. The van der Waals surface area contributed by atoms with Crippen molar-refractivity contribution in [1.29, 1.82) is 0 Å². The topological polar surface area (TPSA) is 219 Å². The Morgan fingerprint density at radius 3 is 1.32 bits per heavy atom. The molecule has 0 aromatic heterocycles. The Morgan fingerprint density at radius 2 is 1.06 bits per heavy atom. The first-order valence-corrected chi connectivity index (χ1v) is 18.0. The minimum atomic E-state index is -0.750. The highest BCUT2D eigenvalue weighted by Gasteiger charge is 2.35. The molecule has 0 atom stereocenters. The third-order valence-corrected chi connectivity index (χ3v) is 7.95. The van der Waals surface area contributed by atoms with E-state index in [0.717, 1.165) is 5.33 Å². The van der Waals surface area contributed by atoms with Gasteiger partial charge in [-0.1, -0.05) is 61.0 Å². The van der Waals surface area contributed by atoms with Crippen molar-refractivity contribution < 1.29 is 55.1 Å². The number of hydrogen-bond donors (Lipinski definition) is 1. The summed E-state index contributed by atoms with van der Waals surface area (Å²) in [6.45, 7) is 13.8. The molecule has 53 heavy (non-hydrogen) atoms. The molecule has 0 radical (unpaired) electrons. The van der Waals surface area contributed by atoms with Crippen LogP contribution in [0.15, 0.2) is 48.5 Å². The third kappa shape index (κ3) is 19.9. The molecule has 0 unspecified atom stereocenters. The number of alkyl halides is 1. The number of imide groups is 2. The molecule has 4 rings (SSSR count).